The Bertz CT molecular complexity index is 525. The fourth-order valence-electron chi connectivity index (χ4n) is 1.56. The first-order chi connectivity index (χ1) is 9.22. The van der Waals surface area contributed by atoms with Crippen LogP contribution in [0.4, 0.5) is 0 Å². The smallest absolute Gasteiger partial charge is 0.255 e. The number of aromatic nitrogens is 2. The van der Waals surface area contributed by atoms with Crippen molar-refractivity contribution in [3.05, 3.63) is 35.6 Å². The maximum Gasteiger partial charge on any atom is 0.255 e. The average molecular weight is 277 g/mol. The van der Waals surface area contributed by atoms with Gasteiger partial charge in [-0.25, -0.2) is 0 Å². The Hall–Kier alpha value is -1.79. The van der Waals surface area contributed by atoms with Gasteiger partial charge in [0.15, 0.2) is 0 Å². The van der Waals surface area contributed by atoms with E-state index >= 15 is 0 Å². The molecule has 0 aliphatic heterocycles. The molecule has 2 aromatic heterocycles. The van der Waals surface area contributed by atoms with Crippen LogP contribution in [0.25, 0.3) is 10.6 Å². The second-order valence-corrected chi connectivity index (χ2v) is 4.90. The van der Waals surface area contributed by atoms with Crippen LogP contribution in [-0.2, 0) is 4.74 Å². The van der Waals surface area contributed by atoms with Crippen LogP contribution in [-0.4, -0.2) is 48.1 Å². The first-order valence-electron chi connectivity index (χ1n) is 5.81. The molecule has 0 atom stereocenters. The van der Waals surface area contributed by atoms with Crippen LogP contribution in [0, 0.1) is 0 Å². The number of nitrogens with zero attached hydrogens (tertiary/aromatic N) is 3. The highest BCUT2D eigenvalue weighted by molar-refractivity contribution is 7.13. The van der Waals surface area contributed by atoms with E-state index in [2.05, 4.69) is 9.97 Å². The first-order valence-corrected chi connectivity index (χ1v) is 6.69. The largest absolute Gasteiger partial charge is 0.383 e. The van der Waals surface area contributed by atoms with Crippen LogP contribution in [0.3, 0.4) is 0 Å². The van der Waals surface area contributed by atoms with E-state index in [0.29, 0.717) is 18.7 Å². The Morgan fingerprint density at radius 2 is 2.26 bits per heavy atom. The Balaban J connectivity index is 2.08. The zero-order valence-electron chi connectivity index (χ0n) is 10.9. The van der Waals surface area contributed by atoms with Gasteiger partial charge in [0.25, 0.3) is 5.91 Å². The number of thiazole rings is 1. The van der Waals surface area contributed by atoms with Gasteiger partial charge in [0.2, 0.25) is 0 Å². The zero-order valence-corrected chi connectivity index (χ0v) is 11.7. The monoisotopic (exact) mass is 277 g/mol. The van der Waals surface area contributed by atoms with E-state index in [4.69, 9.17) is 4.74 Å². The summed E-state index contributed by atoms with van der Waals surface area (Å²) in [6.45, 7) is 1.08. The van der Waals surface area contributed by atoms with E-state index < -0.39 is 0 Å². The minimum absolute atomic E-state index is 0.0552. The number of hydrogen-bond acceptors (Lipinski definition) is 5. The fourth-order valence-corrected chi connectivity index (χ4v) is 2.16. The molecule has 0 bridgehead atoms. The molecule has 0 fully saturated rings. The van der Waals surface area contributed by atoms with Gasteiger partial charge in [-0.3, -0.25) is 14.8 Å². The highest BCUT2D eigenvalue weighted by atomic mass is 32.1. The highest BCUT2D eigenvalue weighted by Crippen LogP contribution is 2.20. The van der Waals surface area contributed by atoms with Crippen LogP contribution in [0.2, 0.25) is 0 Å². The molecule has 0 radical (unpaired) electrons. The van der Waals surface area contributed by atoms with Crippen LogP contribution >= 0.6 is 11.3 Å². The minimum Gasteiger partial charge on any atom is -0.383 e. The van der Waals surface area contributed by atoms with Gasteiger partial charge in [-0.05, 0) is 12.1 Å². The molecule has 2 aromatic rings. The van der Waals surface area contributed by atoms with Crippen LogP contribution in [0.5, 0.6) is 0 Å². The Labute approximate surface area is 115 Å². The third-order valence-corrected chi connectivity index (χ3v) is 3.47. The molecule has 0 N–H and O–H groups in total. The van der Waals surface area contributed by atoms with E-state index in [1.807, 2.05) is 6.07 Å². The lowest BCUT2D eigenvalue weighted by Crippen LogP contribution is -2.29. The lowest BCUT2D eigenvalue weighted by Gasteiger charge is -2.16. The standard InChI is InChI=1S/C13H15N3O2S/c1-16(5-6-18-2)13(17)10-3-4-11(15-7-10)12-8-14-9-19-12/h3-4,7-9H,5-6H2,1-2H3. The molecule has 0 spiro atoms. The Morgan fingerprint density at radius 1 is 1.42 bits per heavy atom. The zero-order chi connectivity index (χ0) is 13.7. The highest BCUT2D eigenvalue weighted by Gasteiger charge is 2.12. The van der Waals surface area contributed by atoms with E-state index in [9.17, 15) is 4.79 Å². The molecule has 1 amide bonds. The molecule has 0 saturated heterocycles. The van der Waals surface area contributed by atoms with Crippen molar-refractivity contribution in [2.45, 2.75) is 0 Å². The summed E-state index contributed by atoms with van der Waals surface area (Å²) in [5.41, 5.74) is 3.17. The molecule has 0 unspecified atom stereocenters. The van der Waals surface area contributed by atoms with Crippen molar-refractivity contribution in [2.24, 2.45) is 0 Å². The number of carbonyl (C=O) groups is 1. The molecule has 6 heteroatoms. The second-order valence-electron chi connectivity index (χ2n) is 4.02. The topological polar surface area (TPSA) is 55.3 Å². The van der Waals surface area contributed by atoms with Crippen LogP contribution < -0.4 is 0 Å². The molecule has 0 aliphatic carbocycles. The number of hydrogen-bond donors (Lipinski definition) is 0. The molecule has 0 aromatic carbocycles. The van der Waals surface area contributed by atoms with Crippen molar-refractivity contribution in [1.29, 1.82) is 0 Å². The number of methoxy groups -OCH3 is 1. The quantitative estimate of drug-likeness (QED) is 0.838. The number of amides is 1. The van der Waals surface area contributed by atoms with E-state index in [0.717, 1.165) is 10.6 Å². The SMILES string of the molecule is COCCN(C)C(=O)c1ccc(-c2cncs2)nc1. The third kappa shape index (κ3) is 3.36. The molecular weight excluding hydrogens is 262 g/mol. The van der Waals surface area contributed by atoms with Crippen molar-refractivity contribution >= 4 is 17.2 Å². The molecule has 2 rings (SSSR count). The minimum atomic E-state index is -0.0552. The van der Waals surface area contributed by atoms with Gasteiger partial charge in [-0.15, -0.1) is 11.3 Å². The Kier molecular flexibility index (Phi) is 4.59. The maximum atomic E-state index is 12.1. The summed E-state index contributed by atoms with van der Waals surface area (Å²) in [5, 5.41) is 0. The van der Waals surface area contributed by atoms with Crippen molar-refractivity contribution < 1.29 is 9.53 Å². The van der Waals surface area contributed by atoms with Gasteiger partial charge < -0.3 is 9.64 Å². The summed E-state index contributed by atoms with van der Waals surface area (Å²) in [6, 6.07) is 3.62. The number of rotatable bonds is 5. The van der Waals surface area contributed by atoms with Gasteiger partial charge in [0.1, 0.15) is 0 Å². The molecule has 2 heterocycles. The molecule has 0 saturated carbocycles. The maximum absolute atomic E-state index is 12.1. The summed E-state index contributed by atoms with van der Waals surface area (Å²) in [7, 11) is 3.36. The fraction of sp³-hybridized carbons (Fsp3) is 0.308. The number of likely N-dealkylation sites (N-methyl/N-ethyl adjacent to an activating group) is 1. The summed E-state index contributed by atoms with van der Waals surface area (Å²) in [4.78, 5) is 23.0. The number of carbonyl (C=O) groups excluding carboxylic acids is 1. The Morgan fingerprint density at radius 3 is 2.84 bits per heavy atom. The summed E-state index contributed by atoms with van der Waals surface area (Å²) >= 11 is 1.52. The molecule has 5 nitrogen and oxygen atoms in total. The normalized spacial score (nSPS) is 10.4. The van der Waals surface area contributed by atoms with Gasteiger partial charge in [-0.1, -0.05) is 0 Å². The number of ether oxygens (including phenoxy) is 1. The molecule has 100 valence electrons. The molecular formula is C13H15N3O2S. The van der Waals surface area contributed by atoms with Gasteiger partial charge in [-0.2, -0.15) is 0 Å². The van der Waals surface area contributed by atoms with Crippen LogP contribution in [0.1, 0.15) is 10.4 Å². The lowest BCUT2D eigenvalue weighted by molar-refractivity contribution is 0.0744. The van der Waals surface area contributed by atoms with Crippen LogP contribution in [0.15, 0.2) is 30.0 Å². The summed E-state index contributed by atoms with van der Waals surface area (Å²) < 4.78 is 4.95. The van der Waals surface area contributed by atoms with Crippen molar-refractivity contribution in [3.8, 4) is 10.6 Å². The van der Waals surface area contributed by atoms with Crippen molar-refractivity contribution in [3.63, 3.8) is 0 Å². The first kappa shape index (κ1) is 13.6. The summed E-state index contributed by atoms with van der Waals surface area (Å²) in [6.07, 6.45) is 3.36. The number of pyridine rings is 1. The second kappa shape index (κ2) is 6.40. The molecule has 19 heavy (non-hydrogen) atoms. The van der Waals surface area contributed by atoms with Crippen molar-refractivity contribution in [1.82, 2.24) is 14.9 Å². The summed E-state index contributed by atoms with van der Waals surface area (Å²) in [5.74, 6) is -0.0552. The third-order valence-electron chi connectivity index (χ3n) is 2.67. The van der Waals surface area contributed by atoms with Crippen molar-refractivity contribution in [2.75, 3.05) is 27.3 Å². The lowest BCUT2D eigenvalue weighted by atomic mass is 10.2. The van der Waals surface area contributed by atoms with E-state index in [1.54, 1.807) is 43.0 Å². The van der Waals surface area contributed by atoms with Gasteiger partial charge >= 0.3 is 0 Å². The molecule has 0 aliphatic rings. The van der Waals surface area contributed by atoms with E-state index in [1.165, 1.54) is 11.3 Å². The predicted molar refractivity (Wildman–Crippen MR) is 74.2 cm³/mol. The van der Waals surface area contributed by atoms with E-state index in [-0.39, 0.29) is 5.91 Å². The van der Waals surface area contributed by atoms with Gasteiger partial charge in [0, 0.05) is 33.1 Å². The van der Waals surface area contributed by atoms with Gasteiger partial charge in [0.05, 0.1) is 28.3 Å². The predicted octanol–water partition coefficient (Wildman–Crippen LogP) is 1.92. The average Bonchev–Trinajstić information content (AvgIpc) is 2.98.